The predicted molar refractivity (Wildman–Crippen MR) is 89.5 cm³/mol. The van der Waals surface area contributed by atoms with Crippen molar-refractivity contribution < 1.29 is 24.2 Å². The minimum absolute atomic E-state index is 0.0998. The molecule has 24 heavy (non-hydrogen) atoms. The number of benzene rings is 1. The molecule has 1 atom stereocenters. The molecule has 0 bridgehead atoms. The van der Waals surface area contributed by atoms with Gasteiger partial charge >= 0.3 is 12.1 Å². The minimum Gasteiger partial charge on any atom is -0.480 e. The Morgan fingerprint density at radius 3 is 2.42 bits per heavy atom. The Morgan fingerprint density at radius 1 is 1.29 bits per heavy atom. The topological polar surface area (TPSA) is 105 Å². The zero-order chi connectivity index (χ0) is 18.2. The molecule has 0 aromatic heterocycles. The van der Waals surface area contributed by atoms with Crippen molar-refractivity contribution in [1.29, 1.82) is 0 Å². The molecule has 0 aliphatic rings. The summed E-state index contributed by atoms with van der Waals surface area (Å²) in [5.41, 5.74) is 0.842. The van der Waals surface area contributed by atoms with Crippen LogP contribution in [0.25, 0.3) is 0 Å². The van der Waals surface area contributed by atoms with Crippen LogP contribution in [0.2, 0.25) is 0 Å². The number of aliphatic carboxylic acids is 1. The lowest BCUT2D eigenvalue weighted by atomic mass is 10.0. The van der Waals surface area contributed by atoms with E-state index in [0.717, 1.165) is 11.1 Å². The maximum Gasteiger partial charge on any atom is 0.408 e. The Bertz CT molecular complexity index is 602. The number of carbonyl (C=O) groups excluding carboxylic acids is 2. The van der Waals surface area contributed by atoms with Crippen molar-refractivity contribution in [3.05, 3.63) is 35.4 Å². The average Bonchev–Trinajstić information content (AvgIpc) is 2.46. The number of nitrogens with zero attached hydrogens (tertiary/aromatic N) is 1. The zero-order valence-corrected chi connectivity index (χ0v) is 14.0. The quantitative estimate of drug-likeness (QED) is 0.584. The highest BCUT2D eigenvalue weighted by Crippen LogP contribution is 2.09. The maximum absolute atomic E-state index is 11.7. The number of amides is 1. The highest BCUT2D eigenvalue weighted by atomic mass is 16.6. The molecule has 1 amide bonds. The summed E-state index contributed by atoms with van der Waals surface area (Å²) < 4.78 is 5.07. The third-order valence-corrected chi connectivity index (χ3v) is 2.83. The first-order valence-corrected chi connectivity index (χ1v) is 7.46. The third kappa shape index (κ3) is 7.53. The monoisotopic (exact) mass is 334 g/mol. The molecule has 0 aliphatic carbocycles. The lowest BCUT2D eigenvalue weighted by Gasteiger charge is -2.22. The second-order valence-corrected chi connectivity index (χ2v) is 6.14. The van der Waals surface area contributed by atoms with Gasteiger partial charge in [0.1, 0.15) is 17.9 Å². The third-order valence-electron chi connectivity index (χ3n) is 2.83. The molecule has 0 fully saturated rings. The fraction of sp³-hybridized carbons (Fsp3) is 0.412. The van der Waals surface area contributed by atoms with Crippen molar-refractivity contribution in [1.82, 2.24) is 5.32 Å². The number of carboxylic acid groups (broad SMARTS) is 1. The number of carbonyl (C=O) groups is 3. The number of hydrogen-bond donors (Lipinski definition) is 2. The standard InChI is InChI=1S/C17H22N2O5/c1-17(2,3)24-16(23)19-14(15(21)22)10-12-4-6-13(7-5-12)11-18-8-9-20/h4-7,9,11,14H,8,10H2,1-3H3,(H,19,23)(H,21,22)/b18-11+. The van der Waals surface area contributed by atoms with E-state index < -0.39 is 23.7 Å². The van der Waals surface area contributed by atoms with Crippen LogP contribution in [0.1, 0.15) is 31.9 Å². The summed E-state index contributed by atoms with van der Waals surface area (Å²) in [6.45, 7) is 5.20. The molecule has 2 N–H and O–H groups in total. The number of rotatable bonds is 7. The van der Waals surface area contributed by atoms with Gasteiger partial charge in [-0.2, -0.15) is 0 Å². The predicted octanol–water partition coefficient (Wildman–Crippen LogP) is 1.82. The number of nitrogens with one attached hydrogen (secondary N) is 1. The van der Waals surface area contributed by atoms with Gasteiger partial charge in [-0.1, -0.05) is 24.3 Å². The van der Waals surface area contributed by atoms with Gasteiger partial charge in [0, 0.05) is 12.6 Å². The van der Waals surface area contributed by atoms with Crippen molar-refractivity contribution >= 4 is 24.6 Å². The lowest BCUT2D eigenvalue weighted by molar-refractivity contribution is -0.139. The van der Waals surface area contributed by atoms with Gasteiger partial charge in [-0.05, 0) is 31.9 Å². The number of aldehydes is 1. The summed E-state index contributed by atoms with van der Waals surface area (Å²) in [5, 5.41) is 11.6. The van der Waals surface area contributed by atoms with E-state index in [9.17, 15) is 19.5 Å². The van der Waals surface area contributed by atoms with Gasteiger partial charge in [-0.3, -0.25) is 4.99 Å². The fourth-order valence-electron chi connectivity index (χ4n) is 1.83. The van der Waals surface area contributed by atoms with Crippen molar-refractivity contribution in [2.75, 3.05) is 6.54 Å². The Hall–Kier alpha value is -2.70. The van der Waals surface area contributed by atoms with Gasteiger partial charge in [0.25, 0.3) is 0 Å². The molecule has 0 saturated carbocycles. The summed E-state index contributed by atoms with van der Waals surface area (Å²) in [5.74, 6) is -1.14. The molecule has 130 valence electrons. The lowest BCUT2D eigenvalue weighted by Crippen LogP contribution is -2.44. The summed E-state index contributed by atoms with van der Waals surface area (Å²) in [6.07, 6.45) is 1.61. The van der Waals surface area contributed by atoms with Crippen LogP contribution < -0.4 is 5.32 Å². The van der Waals surface area contributed by atoms with Gasteiger partial charge in [0.05, 0.1) is 6.54 Å². The Kier molecular flexibility index (Phi) is 7.10. The number of carboxylic acids is 1. The van der Waals surface area contributed by atoms with Crippen molar-refractivity contribution in [3.63, 3.8) is 0 Å². The van der Waals surface area contributed by atoms with Crippen LogP contribution in [0.5, 0.6) is 0 Å². The second-order valence-electron chi connectivity index (χ2n) is 6.14. The smallest absolute Gasteiger partial charge is 0.408 e. The minimum atomic E-state index is -1.14. The van der Waals surface area contributed by atoms with Gasteiger partial charge in [0.15, 0.2) is 0 Å². The van der Waals surface area contributed by atoms with Crippen molar-refractivity contribution in [2.45, 2.75) is 38.8 Å². The Labute approximate surface area is 140 Å². The Balaban J connectivity index is 2.70. The first-order valence-electron chi connectivity index (χ1n) is 7.46. The van der Waals surface area contributed by atoms with Gasteiger partial charge in [-0.25, -0.2) is 9.59 Å². The first kappa shape index (κ1) is 19.3. The van der Waals surface area contributed by atoms with Gasteiger partial charge < -0.3 is 20.0 Å². The molecule has 1 aromatic rings. The van der Waals surface area contributed by atoms with E-state index in [0.29, 0.717) is 6.29 Å². The molecule has 7 heteroatoms. The van der Waals surface area contributed by atoms with Gasteiger partial charge in [0.2, 0.25) is 0 Å². The molecule has 0 radical (unpaired) electrons. The van der Waals surface area contributed by atoms with Gasteiger partial charge in [-0.15, -0.1) is 0 Å². The van der Waals surface area contributed by atoms with Crippen LogP contribution in [0.15, 0.2) is 29.3 Å². The van der Waals surface area contributed by atoms with Crippen LogP contribution in [0.4, 0.5) is 4.79 Å². The largest absolute Gasteiger partial charge is 0.480 e. The number of alkyl carbamates (subject to hydrolysis) is 1. The van der Waals surface area contributed by atoms with E-state index in [1.54, 1.807) is 51.3 Å². The summed E-state index contributed by atoms with van der Waals surface area (Å²) in [7, 11) is 0. The van der Waals surface area contributed by atoms with E-state index in [-0.39, 0.29) is 13.0 Å². The van der Waals surface area contributed by atoms with Crippen LogP contribution in [0, 0.1) is 0 Å². The average molecular weight is 334 g/mol. The van der Waals surface area contributed by atoms with Crippen LogP contribution in [-0.2, 0) is 20.7 Å². The second kappa shape index (κ2) is 8.81. The molecular formula is C17H22N2O5. The fourth-order valence-corrected chi connectivity index (χ4v) is 1.83. The van der Waals surface area contributed by atoms with Crippen LogP contribution in [-0.4, -0.2) is 47.9 Å². The van der Waals surface area contributed by atoms with E-state index in [2.05, 4.69) is 10.3 Å². The SMILES string of the molecule is CC(C)(C)OC(=O)NC(Cc1ccc(/C=N/CC=O)cc1)C(=O)O. The molecule has 0 heterocycles. The van der Waals surface area contributed by atoms with E-state index in [1.165, 1.54) is 0 Å². The van der Waals surface area contributed by atoms with Crippen molar-refractivity contribution in [3.8, 4) is 0 Å². The number of ether oxygens (including phenoxy) is 1. The van der Waals surface area contributed by atoms with Crippen LogP contribution >= 0.6 is 0 Å². The summed E-state index contributed by atoms with van der Waals surface area (Å²) in [4.78, 5) is 37.1. The van der Waals surface area contributed by atoms with E-state index in [1.807, 2.05) is 0 Å². The first-order chi connectivity index (χ1) is 11.2. The molecule has 0 spiro atoms. The molecule has 1 rings (SSSR count). The molecular weight excluding hydrogens is 312 g/mol. The Morgan fingerprint density at radius 2 is 1.92 bits per heavy atom. The van der Waals surface area contributed by atoms with E-state index in [4.69, 9.17) is 4.74 Å². The highest BCUT2D eigenvalue weighted by Gasteiger charge is 2.24. The van der Waals surface area contributed by atoms with Crippen LogP contribution in [0.3, 0.4) is 0 Å². The normalized spacial score (nSPS) is 12.6. The zero-order valence-electron chi connectivity index (χ0n) is 14.0. The number of aliphatic imine (C=N–C) groups is 1. The molecule has 7 nitrogen and oxygen atoms in total. The summed E-state index contributed by atoms with van der Waals surface area (Å²) >= 11 is 0. The molecule has 0 saturated heterocycles. The van der Waals surface area contributed by atoms with E-state index >= 15 is 0 Å². The maximum atomic E-state index is 11.7. The highest BCUT2D eigenvalue weighted by molar-refractivity contribution is 5.81. The molecule has 1 unspecified atom stereocenters. The number of hydrogen-bond acceptors (Lipinski definition) is 5. The van der Waals surface area contributed by atoms with Crippen molar-refractivity contribution in [2.24, 2.45) is 4.99 Å². The molecule has 1 aromatic carbocycles. The molecule has 0 aliphatic heterocycles. The summed E-state index contributed by atoms with van der Waals surface area (Å²) in [6, 6.07) is 5.92.